The van der Waals surface area contributed by atoms with Gasteiger partial charge in [-0.05, 0) is 6.07 Å². The number of carbonyl (C=O) groups excluding carboxylic acids is 1. The summed E-state index contributed by atoms with van der Waals surface area (Å²) in [6, 6.07) is 1.78. The van der Waals surface area contributed by atoms with E-state index in [4.69, 9.17) is 0 Å². The molecule has 0 aliphatic heterocycles. The molecule has 1 rings (SSSR count). The van der Waals surface area contributed by atoms with Crippen molar-refractivity contribution in [2.75, 3.05) is 13.7 Å². The number of nitrogens with zero attached hydrogens (tertiary/aromatic N) is 2. The van der Waals surface area contributed by atoms with E-state index in [-0.39, 0.29) is 12.5 Å². The largest absolute Gasteiger partial charge is 0.468 e. The Morgan fingerprint density at radius 3 is 3.15 bits per heavy atom. The van der Waals surface area contributed by atoms with Crippen LogP contribution in [0.25, 0.3) is 0 Å². The number of methoxy groups -OCH3 is 1. The van der Waals surface area contributed by atoms with E-state index < -0.39 is 0 Å². The second-order valence-corrected chi connectivity index (χ2v) is 2.38. The molecule has 5 heteroatoms. The Kier molecular flexibility index (Phi) is 3.84. The fraction of sp³-hybridized carbons (Fsp3) is 0.375. The van der Waals surface area contributed by atoms with Crippen molar-refractivity contribution in [2.24, 2.45) is 0 Å². The summed E-state index contributed by atoms with van der Waals surface area (Å²) in [5.74, 6) is -0.283. The van der Waals surface area contributed by atoms with Crippen LogP contribution in [0.1, 0.15) is 5.69 Å². The second kappa shape index (κ2) is 5.21. The Labute approximate surface area is 76.2 Å². The highest BCUT2D eigenvalue weighted by atomic mass is 16.5. The first-order chi connectivity index (χ1) is 6.33. The van der Waals surface area contributed by atoms with Crippen LogP contribution >= 0.6 is 0 Å². The number of hydrogen-bond donors (Lipinski definition) is 1. The molecule has 0 aliphatic rings. The average molecular weight is 181 g/mol. The fourth-order valence-corrected chi connectivity index (χ4v) is 0.787. The number of aromatic nitrogens is 2. The Balaban J connectivity index is 2.24. The Morgan fingerprint density at radius 1 is 1.69 bits per heavy atom. The molecule has 0 radical (unpaired) electrons. The van der Waals surface area contributed by atoms with Gasteiger partial charge in [-0.1, -0.05) is 0 Å². The molecule has 0 amide bonds. The monoisotopic (exact) mass is 181 g/mol. The van der Waals surface area contributed by atoms with E-state index in [1.165, 1.54) is 13.4 Å². The molecule has 0 fully saturated rings. The molecular weight excluding hydrogens is 170 g/mol. The molecule has 1 aromatic rings. The van der Waals surface area contributed by atoms with E-state index in [1.807, 2.05) is 0 Å². The van der Waals surface area contributed by atoms with E-state index in [0.717, 1.165) is 5.69 Å². The van der Waals surface area contributed by atoms with Crippen LogP contribution in [0.4, 0.5) is 0 Å². The Bertz CT molecular complexity index is 263. The van der Waals surface area contributed by atoms with Crippen molar-refractivity contribution in [3.8, 4) is 0 Å². The molecule has 1 aromatic heterocycles. The van der Waals surface area contributed by atoms with Crippen LogP contribution in [0.15, 0.2) is 18.6 Å². The summed E-state index contributed by atoms with van der Waals surface area (Å²) in [6.45, 7) is 0.734. The molecule has 0 spiro atoms. The highest BCUT2D eigenvalue weighted by Gasteiger charge is 1.98. The third-order valence-corrected chi connectivity index (χ3v) is 1.45. The van der Waals surface area contributed by atoms with Crippen molar-refractivity contribution in [3.05, 3.63) is 24.3 Å². The summed E-state index contributed by atoms with van der Waals surface area (Å²) in [4.78, 5) is 18.4. The molecular formula is C8H11N3O2. The molecule has 1 N–H and O–H groups in total. The van der Waals surface area contributed by atoms with E-state index in [1.54, 1.807) is 12.3 Å². The van der Waals surface area contributed by atoms with Gasteiger partial charge in [0.15, 0.2) is 0 Å². The van der Waals surface area contributed by atoms with Crippen LogP contribution in [0.5, 0.6) is 0 Å². The van der Waals surface area contributed by atoms with Crippen LogP contribution in [0.2, 0.25) is 0 Å². The normalized spacial score (nSPS) is 9.62. The number of esters is 1. The quantitative estimate of drug-likeness (QED) is 0.648. The first-order valence-corrected chi connectivity index (χ1v) is 3.85. The zero-order valence-electron chi connectivity index (χ0n) is 7.36. The van der Waals surface area contributed by atoms with Crippen LogP contribution in [-0.2, 0) is 16.1 Å². The van der Waals surface area contributed by atoms with Gasteiger partial charge >= 0.3 is 5.97 Å². The number of ether oxygens (including phenoxy) is 1. The van der Waals surface area contributed by atoms with Gasteiger partial charge in [0.05, 0.1) is 19.3 Å². The molecule has 0 aromatic carbocycles. The summed E-state index contributed by atoms with van der Waals surface area (Å²) in [5.41, 5.74) is 0.846. The standard InChI is InChI=1S/C8H11N3O2/c1-13-8(12)5-10-4-7-2-3-9-6-11-7/h2-3,6,10H,4-5H2,1H3. The molecule has 0 saturated heterocycles. The number of rotatable bonds is 4. The number of hydrogen-bond acceptors (Lipinski definition) is 5. The molecule has 0 saturated carbocycles. The second-order valence-electron chi connectivity index (χ2n) is 2.38. The van der Waals surface area contributed by atoms with Crippen molar-refractivity contribution in [1.29, 1.82) is 0 Å². The molecule has 70 valence electrons. The summed E-state index contributed by atoms with van der Waals surface area (Å²) in [6.07, 6.45) is 3.12. The van der Waals surface area contributed by atoms with E-state index in [0.29, 0.717) is 6.54 Å². The average Bonchev–Trinajstić information content (AvgIpc) is 2.19. The van der Waals surface area contributed by atoms with Crippen LogP contribution in [0, 0.1) is 0 Å². The van der Waals surface area contributed by atoms with Gasteiger partial charge in [0.25, 0.3) is 0 Å². The minimum absolute atomic E-state index is 0.195. The lowest BCUT2D eigenvalue weighted by molar-refractivity contribution is -0.139. The summed E-state index contributed by atoms with van der Waals surface area (Å²) in [7, 11) is 1.36. The maximum absolute atomic E-state index is 10.7. The van der Waals surface area contributed by atoms with Crippen molar-refractivity contribution < 1.29 is 9.53 Å². The molecule has 1 heterocycles. The third-order valence-electron chi connectivity index (χ3n) is 1.45. The summed E-state index contributed by atoms with van der Waals surface area (Å²) in [5, 5.41) is 2.89. The highest BCUT2D eigenvalue weighted by Crippen LogP contribution is 1.88. The van der Waals surface area contributed by atoms with Gasteiger partial charge in [-0.25, -0.2) is 9.97 Å². The minimum Gasteiger partial charge on any atom is -0.468 e. The van der Waals surface area contributed by atoms with Gasteiger partial charge in [-0.3, -0.25) is 4.79 Å². The maximum Gasteiger partial charge on any atom is 0.319 e. The minimum atomic E-state index is -0.283. The van der Waals surface area contributed by atoms with Crippen molar-refractivity contribution in [3.63, 3.8) is 0 Å². The van der Waals surface area contributed by atoms with Gasteiger partial charge < -0.3 is 10.1 Å². The lowest BCUT2D eigenvalue weighted by Gasteiger charge is -2.01. The van der Waals surface area contributed by atoms with E-state index >= 15 is 0 Å². The third kappa shape index (κ3) is 3.62. The van der Waals surface area contributed by atoms with Crippen LogP contribution < -0.4 is 5.32 Å². The number of carbonyl (C=O) groups is 1. The Hall–Kier alpha value is -1.49. The first kappa shape index (κ1) is 9.60. The predicted octanol–water partition coefficient (Wildman–Crippen LogP) is -0.261. The van der Waals surface area contributed by atoms with Crippen molar-refractivity contribution >= 4 is 5.97 Å². The fourth-order valence-electron chi connectivity index (χ4n) is 0.787. The van der Waals surface area contributed by atoms with Crippen molar-refractivity contribution in [2.45, 2.75) is 6.54 Å². The topological polar surface area (TPSA) is 64.1 Å². The van der Waals surface area contributed by atoms with Gasteiger partial charge in [-0.15, -0.1) is 0 Å². The molecule has 5 nitrogen and oxygen atoms in total. The first-order valence-electron chi connectivity index (χ1n) is 3.85. The molecule has 0 atom stereocenters. The molecule has 0 aliphatic carbocycles. The lowest BCUT2D eigenvalue weighted by Crippen LogP contribution is -2.23. The Morgan fingerprint density at radius 2 is 2.54 bits per heavy atom. The highest BCUT2D eigenvalue weighted by molar-refractivity contribution is 5.71. The zero-order valence-corrected chi connectivity index (χ0v) is 7.36. The van der Waals surface area contributed by atoms with Gasteiger partial charge in [0.1, 0.15) is 6.33 Å². The van der Waals surface area contributed by atoms with Gasteiger partial charge in [-0.2, -0.15) is 0 Å². The number of nitrogens with one attached hydrogen (secondary N) is 1. The van der Waals surface area contributed by atoms with Crippen molar-refractivity contribution in [1.82, 2.24) is 15.3 Å². The lowest BCUT2D eigenvalue weighted by atomic mass is 10.4. The van der Waals surface area contributed by atoms with Crippen LogP contribution in [-0.4, -0.2) is 29.6 Å². The predicted molar refractivity (Wildman–Crippen MR) is 45.8 cm³/mol. The zero-order chi connectivity index (χ0) is 9.52. The van der Waals surface area contributed by atoms with Gasteiger partial charge in [0.2, 0.25) is 0 Å². The van der Waals surface area contributed by atoms with Gasteiger partial charge in [0, 0.05) is 12.7 Å². The summed E-state index contributed by atoms with van der Waals surface area (Å²) < 4.78 is 4.45. The SMILES string of the molecule is COC(=O)CNCc1ccncn1. The van der Waals surface area contributed by atoms with E-state index in [2.05, 4.69) is 20.0 Å². The maximum atomic E-state index is 10.7. The smallest absolute Gasteiger partial charge is 0.319 e. The summed E-state index contributed by atoms with van der Waals surface area (Å²) >= 11 is 0. The molecule has 0 bridgehead atoms. The van der Waals surface area contributed by atoms with Crippen LogP contribution in [0.3, 0.4) is 0 Å². The molecule has 0 unspecified atom stereocenters. The van der Waals surface area contributed by atoms with E-state index in [9.17, 15) is 4.79 Å². The molecule has 13 heavy (non-hydrogen) atoms.